The molecular weight excluding hydrogens is 394 g/mol. The first-order valence-corrected chi connectivity index (χ1v) is 7.63. The molecule has 4 heteroatoms. The number of hydrazine groups is 1. The van der Waals surface area contributed by atoms with Crippen molar-refractivity contribution in [2.75, 3.05) is 14.1 Å². The maximum absolute atomic E-state index is 4.98. The molecule has 0 aliphatic carbocycles. The summed E-state index contributed by atoms with van der Waals surface area (Å²) < 4.78 is 1.34. The summed E-state index contributed by atoms with van der Waals surface area (Å²) in [5.41, 5.74) is 1.07. The Balaban J connectivity index is 2.47. The van der Waals surface area contributed by atoms with Crippen molar-refractivity contribution in [1.82, 2.24) is 10.0 Å². The quantitative estimate of drug-likeness (QED) is 0.757. The Labute approximate surface area is 120 Å². The molecule has 0 bridgehead atoms. The molecule has 1 aromatic carbocycles. The molecule has 1 aromatic rings. The molecule has 0 fully saturated rings. The number of hydrogen-bond donors (Lipinski definition) is 0. The molecule has 2 rings (SSSR count). The summed E-state index contributed by atoms with van der Waals surface area (Å²) in [6.45, 7) is 4.37. The zero-order valence-electron chi connectivity index (χ0n) is 11.3. The Hall–Kier alpha value is -0.792. The van der Waals surface area contributed by atoms with Crippen LogP contribution in [0.5, 0.6) is 0 Å². The van der Waals surface area contributed by atoms with Crippen molar-refractivity contribution in [1.29, 1.82) is 0 Å². The number of rotatable bonds is 3. The Morgan fingerprint density at radius 3 is 2.33 bits per heavy atom. The fraction of sp³-hybridized carbons (Fsp3) is 0.429. The van der Waals surface area contributed by atoms with Crippen molar-refractivity contribution in [2.45, 2.75) is 25.8 Å². The van der Waals surface area contributed by atoms with E-state index >= 15 is 0 Å². The normalized spacial score (nSPS) is 23.7. The average molecular weight is 413 g/mol. The van der Waals surface area contributed by atoms with E-state index in [2.05, 4.69) is 68.3 Å². The molecule has 1 atom stereocenters. The van der Waals surface area contributed by atoms with Gasteiger partial charge in [-0.05, 0) is 0 Å². The Morgan fingerprint density at radius 2 is 1.89 bits per heavy atom. The van der Waals surface area contributed by atoms with Crippen LogP contribution in [0.15, 0.2) is 35.3 Å². The third-order valence-electron chi connectivity index (χ3n) is 3.26. The molecule has 0 radical (unpaired) electrons. The van der Waals surface area contributed by atoms with Crippen molar-refractivity contribution in [2.24, 2.45) is 4.99 Å². The SMILES string of the molecule is CCC1=NC(C)(c2ccccc2)[C](=[W])N1N(C)C. The Bertz CT molecular complexity index is 481. The first kappa shape index (κ1) is 13.6. The van der Waals surface area contributed by atoms with E-state index in [1.165, 1.54) is 28.9 Å². The minimum atomic E-state index is -0.202. The van der Waals surface area contributed by atoms with Crippen LogP contribution in [0.4, 0.5) is 0 Å². The molecule has 96 valence electrons. The van der Waals surface area contributed by atoms with E-state index in [4.69, 9.17) is 4.99 Å². The van der Waals surface area contributed by atoms with E-state index in [0.717, 1.165) is 12.3 Å². The predicted octanol–water partition coefficient (Wildman–Crippen LogP) is 2.18. The van der Waals surface area contributed by atoms with Crippen LogP contribution in [0.3, 0.4) is 0 Å². The third kappa shape index (κ3) is 2.10. The van der Waals surface area contributed by atoms with Gasteiger partial charge in [0.15, 0.2) is 0 Å². The van der Waals surface area contributed by atoms with Gasteiger partial charge in [0.2, 0.25) is 0 Å². The monoisotopic (exact) mass is 413 g/mol. The molecule has 0 N–H and O–H groups in total. The molecule has 1 unspecified atom stereocenters. The summed E-state index contributed by atoms with van der Waals surface area (Å²) >= 11 is 1.47. The topological polar surface area (TPSA) is 18.8 Å². The summed E-state index contributed by atoms with van der Waals surface area (Å²) in [5.74, 6) is 1.15. The van der Waals surface area contributed by atoms with Crippen molar-refractivity contribution >= 4 is 9.86 Å². The molecule has 1 aliphatic heterocycles. The zero-order valence-corrected chi connectivity index (χ0v) is 14.3. The van der Waals surface area contributed by atoms with E-state index < -0.39 is 0 Å². The zero-order chi connectivity index (χ0) is 13.3. The third-order valence-corrected chi connectivity index (χ3v) is 5.31. The predicted molar refractivity (Wildman–Crippen MR) is 72.1 cm³/mol. The number of aliphatic imine (C=N–C) groups is 1. The van der Waals surface area contributed by atoms with Crippen LogP contribution >= 0.6 is 0 Å². The van der Waals surface area contributed by atoms with Gasteiger partial charge in [-0.1, -0.05) is 0 Å². The second kappa shape index (κ2) is 5.06. The molecule has 1 aliphatic rings. The summed E-state index contributed by atoms with van der Waals surface area (Å²) in [6, 6.07) is 10.6. The van der Waals surface area contributed by atoms with E-state index in [1.54, 1.807) is 0 Å². The van der Waals surface area contributed by atoms with Crippen molar-refractivity contribution in [3.8, 4) is 0 Å². The average Bonchev–Trinajstić information content (AvgIpc) is 2.64. The fourth-order valence-corrected chi connectivity index (χ4v) is 3.82. The number of benzene rings is 1. The van der Waals surface area contributed by atoms with Crippen LogP contribution in [0.25, 0.3) is 0 Å². The van der Waals surface area contributed by atoms with Gasteiger partial charge < -0.3 is 0 Å². The molecule has 0 spiro atoms. The van der Waals surface area contributed by atoms with Crippen molar-refractivity contribution in [3.63, 3.8) is 0 Å². The van der Waals surface area contributed by atoms with Gasteiger partial charge in [-0.15, -0.1) is 0 Å². The van der Waals surface area contributed by atoms with Gasteiger partial charge in [-0.25, -0.2) is 0 Å². The van der Waals surface area contributed by atoms with Gasteiger partial charge in [-0.2, -0.15) is 0 Å². The summed E-state index contributed by atoms with van der Waals surface area (Å²) in [7, 11) is 4.15. The van der Waals surface area contributed by atoms with Crippen LogP contribution in [0.1, 0.15) is 25.8 Å². The van der Waals surface area contributed by atoms with Crippen LogP contribution in [-0.2, 0) is 24.9 Å². The molecule has 0 aromatic heterocycles. The summed E-state index contributed by atoms with van der Waals surface area (Å²) in [6.07, 6.45) is 0.956. The molecule has 3 nitrogen and oxygen atoms in total. The molecule has 1 heterocycles. The fourth-order valence-electron chi connectivity index (χ4n) is 2.27. The van der Waals surface area contributed by atoms with Gasteiger partial charge in [0.25, 0.3) is 0 Å². The van der Waals surface area contributed by atoms with Crippen LogP contribution in [-0.4, -0.2) is 34.0 Å². The summed E-state index contributed by atoms with van der Waals surface area (Å²) in [4.78, 5) is 4.98. The van der Waals surface area contributed by atoms with E-state index in [9.17, 15) is 0 Å². The van der Waals surface area contributed by atoms with Crippen molar-refractivity contribution in [3.05, 3.63) is 35.9 Å². The Morgan fingerprint density at radius 1 is 1.28 bits per heavy atom. The van der Waals surface area contributed by atoms with Gasteiger partial charge in [-0.3, -0.25) is 0 Å². The molecule has 0 saturated carbocycles. The molecular formula is C14H19N3W. The second-order valence-electron chi connectivity index (χ2n) is 4.78. The first-order valence-electron chi connectivity index (χ1n) is 6.16. The van der Waals surface area contributed by atoms with Gasteiger partial charge in [0.1, 0.15) is 0 Å². The summed E-state index contributed by atoms with van der Waals surface area (Å²) in [5, 5.41) is 4.38. The number of hydrogen-bond acceptors (Lipinski definition) is 3. The van der Waals surface area contributed by atoms with Crippen molar-refractivity contribution < 1.29 is 19.4 Å². The minimum absolute atomic E-state index is 0.202. The van der Waals surface area contributed by atoms with Gasteiger partial charge in [0, 0.05) is 0 Å². The maximum atomic E-state index is 4.98. The van der Waals surface area contributed by atoms with Gasteiger partial charge in [0.05, 0.1) is 0 Å². The molecule has 18 heavy (non-hydrogen) atoms. The van der Waals surface area contributed by atoms with Crippen LogP contribution in [0.2, 0.25) is 0 Å². The van der Waals surface area contributed by atoms with Crippen LogP contribution < -0.4 is 0 Å². The number of amidine groups is 1. The van der Waals surface area contributed by atoms with Crippen LogP contribution in [0, 0.1) is 0 Å². The number of nitrogens with zero attached hydrogens (tertiary/aromatic N) is 3. The van der Waals surface area contributed by atoms with Gasteiger partial charge >= 0.3 is 120 Å². The van der Waals surface area contributed by atoms with E-state index in [-0.39, 0.29) is 5.54 Å². The van der Waals surface area contributed by atoms with E-state index in [1.807, 2.05) is 0 Å². The molecule has 0 amide bonds. The molecule has 0 saturated heterocycles. The standard InChI is InChI=1S/C14H19N3.W/c1-5-13-15-14(2,11-17(13)16(3)4)12-9-7-6-8-10-12;/h6-10H,5H2,1-4H3;. The second-order valence-corrected chi connectivity index (χ2v) is 6.17. The first-order chi connectivity index (χ1) is 8.50. The van der Waals surface area contributed by atoms with E-state index in [0.29, 0.717) is 0 Å². The Kier molecular flexibility index (Phi) is 3.84.